The van der Waals surface area contributed by atoms with E-state index in [1.807, 2.05) is 24.3 Å². The Hall–Kier alpha value is -1.27. The minimum Gasteiger partial charge on any atom is -0.302 e. The van der Waals surface area contributed by atoms with Crippen LogP contribution in [0.4, 0.5) is 5.13 Å². The van der Waals surface area contributed by atoms with Gasteiger partial charge in [0.05, 0.1) is 20.7 Å². The number of sulfone groups is 1. The van der Waals surface area contributed by atoms with Gasteiger partial charge in [-0.15, -0.1) is 12.4 Å². The highest BCUT2D eigenvalue weighted by Gasteiger charge is 2.23. The van der Waals surface area contributed by atoms with E-state index in [4.69, 9.17) is 0 Å². The molecule has 3 rings (SSSR count). The lowest BCUT2D eigenvalue weighted by molar-refractivity contribution is 0.0983. The third-order valence-electron chi connectivity index (χ3n) is 4.89. The highest BCUT2D eigenvalue weighted by Crippen LogP contribution is 2.32. The Morgan fingerprint density at radius 3 is 2.39 bits per heavy atom. The van der Waals surface area contributed by atoms with Gasteiger partial charge >= 0.3 is 0 Å². The average Bonchev–Trinajstić information content (AvgIpc) is 3.13. The van der Waals surface area contributed by atoms with Gasteiger partial charge in [-0.1, -0.05) is 37.3 Å². The summed E-state index contributed by atoms with van der Waals surface area (Å²) in [7, 11) is -3.31. The number of aromatic nitrogens is 1. The second kappa shape index (κ2) is 11.0. The minimum atomic E-state index is -3.31. The number of likely N-dealkylation sites (N-methyl/N-ethyl adjacent to an activating group) is 1. The molecule has 2 aromatic carbocycles. The van der Waals surface area contributed by atoms with Crippen LogP contribution in [0.15, 0.2) is 47.4 Å². The molecular formula is C21H25ClIN3O3S2. The van der Waals surface area contributed by atoms with Gasteiger partial charge in [-0.05, 0) is 66.0 Å². The number of thiazole rings is 1. The molecule has 3 aromatic rings. The molecule has 31 heavy (non-hydrogen) atoms. The van der Waals surface area contributed by atoms with Gasteiger partial charge in [-0.25, -0.2) is 13.4 Å². The van der Waals surface area contributed by atoms with Crippen molar-refractivity contribution in [3.63, 3.8) is 0 Å². The molecule has 1 aromatic heterocycles. The summed E-state index contributed by atoms with van der Waals surface area (Å²) in [5.74, 6) is -0.102. The topological polar surface area (TPSA) is 70.6 Å². The fourth-order valence-electron chi connectivity index (χ4n) is 3.08. The van der Waals surface area contributed by atoms with Crippen molar-refractivity contribution in [3.05, 3.63) is 51.6 Å². The van der Waals surface area contributed by atoms with Crippen LogP contribution in [0, 0.1) is 3.57 Å². The molecule has 0 atom stereocenters. The fourth-order valence-corrected chi connectivity index (χ4v) is 5.45. The average molecular weight is 594 g/mol. The van der Waals surface area contributed by atoms with E-state index in [1.54, 1.807) is 23.1 Å². The Morgan fingerprint density at radius 1 is 1.10 bits per heavy atom. The normalized spacial score (nSPS) is 11.5. The maximum absolute atomic E-state index is 13.4. The lowest BCUT2D eigenvalue weighted by Gasteiger charge is -2.25. The number of carbonyl (C=O) groups excluding carboxylic acids is 1. The predicted octanol–water partition coefficient (Wildman–Crippen LogP) is 4.71. The van der Waals surface area contributed by atoms with Gasteiger partial charge in [0, 0.05) is 22.9 Å². The van der Waals surface area contributed by atoms with Crippen LogP contribution in [0.25, 0.3) is 10.2 Å². The van der Waals surface area contributed by atoms with Crippen LogP contribution in [0.5, 0.6) is 0 Å². The molecule has 0 N–H and O–H groups in total. The molecule has 0 radical (unpaired) electrons. The molecule has 0 fully saturated rings. The van der Waals surface area contributed by atoms with Crippen molar-refractivity contribution < 1.29 is 13.2 Å². The number of halogens is 2. The number of anilines is 1. The first kappa shape index (κ1) is 26.0. The number of hydrogen-bond donors (Lipinski definition) is 0. The van der Waals surface area contributed by atoms with E-state index < -0.39 is 9.84 Å². The van der Waals surface area contributed by atoms with Gasteiger partial charge in [-0.3, -0.25) is 9.69 Å². The fraction of sp³-hybridized carbons (Fsp3) is 0.333. The summed E-state index contributed by atoms with van der Waals surface area (Å²) in [6.45, 7) is 7.23. The van der Waals surface area contributed by atoms with Crippen LogP contribution in [0.1, 0.15) is 24.2 Å². The van der Waals surface area contributed by atoms with E-state index in [2.05, 4.69) is 46.3 Å². The highest BCUT2D eigenvalue weighted by molar-refractivity contribution is 14.1. The molecule has 0 unspecified atom stereocenters. The zero-order chi connectivity index (χ0) is 21.9. The molecule has 0 aliphatic rings. The first-order valence-corrected chi connectivity index (χ1v) is 13.4. The number of benzene rings is 2. The van der Waals surface area contributed by atoms with Crippen molar-refractivity contribution in [1.29, 1.82) is 0 Å². The van der Waals surface area contributed by atoms with Crippen molar-refractivity contribution >= 4 is 77.4 Å². The van der Waals surface area contributed by atoms with Gasteiger partial charge in [-0.2, -0.15) is 0 Å². The number of fused-ring (bicyclic) bond motifs is 1. The van der Waals surface area contributed by atoms with Crippen LogP contribution < -0.4 is 4.90 Å². The highest BCUT2D eigenvalue weighted by atomic mass is 127. The van der Waals surface area contributed by atoms with Crippen LogP contribution in [-0.2, 0) is 9.84 Å². The van der Waals surface area contributed by atoms with Crippen molar-refractivity contribution in [1.82, 2.24) is 9.88 Å². The third kappa shape index (κ3) is 6.16. The standard InChI is InChI=1S/C21H24IN3O3S2.ClH/c1-4-24(5-2)12-13-25(20(26)16-8-6-7-9-17(16)22)21-23-18-11-10-15(30(3,27)28)14-19(18)29-21;/h6-11,14H,4-5,12-13H2,1-3H3;1H. The van der Waals surface area contributed by atoms with E-state index in [0.29, 0.717) is 22.8 Å². The summed E-state index contributed by atoms with van der Waals surface area (Å²) in [6.07, 6.45) is 1.19. The lowest BCUT2D eigenvalue weighted by Crippen LogP contribution is -2.39. The van der Waals surface area contributed by atoms with Gasteiger partial charge in [0.25, 0.3) is 5.91 Å². The third-order valence-corrected chi connectivity index (χ3v) is 7.98. The summed E-state index contributed by atoms with van der Waals surface area (Å²) in [6, 6.07) is 12.4. The predicted molar refractivity (Wildman–Crippen MR) is 139 cm³/mol. The van der Waals surface area contributed by atoms with Crippen molar-refractivity contribution in [2.75, 3.05) is 37.3 Å². The van der Waals surface area contributed by atoms with E-state index in [1.165, 1.54) is 17.6 Å². The monoisotopic (exact) mass is 593 g/mol. The largest absolute Gasteiger partial charge is 0.302 e. The number of carbonyl (C=O) groups is 1. The first-order chi connectivity index (χ1) is 14.2. The van der Waals surface area contributed by atoms with Crippen LogP contribution in [0.3, 0.4) is 0 Å². The molecular weight excluding hydrogens is 569 g/mol. The van der Waals surface area contributed by atoms with E-state index >= 15 is 0 Å². The van der Waals surface area contributed by atoms with Crippen molar-refractivity contribution in [2.24, 2.45) is 0 Å². The van der Waals surface area contributed by atoms with Gasteiger partial charge in [0.2, 0.25) is 0 Å². The zero-order valence-corrected chi connectivity index (χ0v) is 22.1. The maximum atomic E-state index is 13.4. The molecule has 0 spiro atoms. The Morgan fingerprint density at radius 2 is 1.77 bits per heavy atom. The number of hydrogen-bond acceptors (Lipinski definition) is 6. The Labute approximate surface area is 207 Å². The van der Waals surface area contributed by atoms with Crippen molar-refractivity contribution in [3.8, 4) is 0 Å². The summed E-state index contributed by atoms with van der Waals surface area (Å²) in [5, 5.41) is 0.576. The molecule has 168 valence electrons. The Bertz CT molecular complexity index is 1160. The number of nitrogens with zero attached hydrogens (tertiary/aromatic N) is 3. The molecule has 1 heterocycles. The summed E-state index contributed by atoms with van der Waals surface area (Å²) >= 11 is 3.51. The quantitative estimate of drug-likeness (QED) is 0.354. The molecule has 0 aliphatic heterocycles. The van der Waals surface area contributed by atoms with E-state index in [-0.39, 0.29) is 23.2 Å². The molecule has 0 saturated carbocycles. The Balaban J connectivity index is 0.00000341. The van der Waals surface area contributed by atoms with Crippen LogP contribution >= 0.6 is 46.3 Å². The molecule has 6 nitrogen and oxygen atoms in total. The maximum Gasteiger partial charge on any atom is 0.261 e. The van der Waals surface area contributed by atoms with E-state index in [9.17, 15) is 13.2 Å². The molecule has 0 bridgehead atoms. The minimum absolute atomic E-state index is 0. The summed E-state index contributed by atoms with van der Waals surface area (Å²) < 4.78 is 25.4. The first-order valence-electron chi connectivity index (χ1n) is 9.64. The van der Waals surface area contributed by atoms with Crippen LogP contribution in [-0.4, -0.2) is 56.6 Å². The summed E-state index contributed by atoms with van der Waals surface area (Å²) in [4.78, 5) is 22.3. The summed E-state index contributed by atoms with van der Waals surface area (Å²) in [5.41, 5.74) is 1.32. The van der Waals surface area contributed by atoms with Crippen molar-refractivity contribution in [2.45, 2.75) is 18.7 Å². The van der Waals surface area contributed by atoms with E-state index in [0.717, 1.165) is 27.9 Å². The number of amides is 1. The van der Waals surface area contributed by atoms with Gasteiger partial charge in [0.15, 0.2) is 15.0 Å². The zero-order valence-electron chi connectivity index (χ0n) is 17.5. The molecule has 0 saturated heterocycles. The lowest BCUT2D eigenvalue weighted by atomic mass is 10.2. The molecule has 0 aliphatic carbocycles. The second-order valence-electron chi connectivity index (χ2n) is 6.86. The van der Waals surface area contributed by atoms with Gasteiger partial charge in [0.1, 0.15) is 0 Å². The van der Waals surface area contributed by atoms with Crippen LogP contribution in [0.2, 0.25) is 0 Å². The number of rotatable bonds is 8. The Kier molecular flexibility index (Phi) is 9.26. The smallest absolute Gasteiger partial charge is 0.261 e. The van der Waals surface area contributed by atoms with Gasteiger partial charge < -0.3 is 4.90 Å². The SMILES string of the molecule is CCN(CC)CCN(C(=O)c1ccccc1I)c1nc2ccc(S(C)(=O)=O)cc2s1.Cl. The molecule has 10 heteroatoms. The molecule has 1 amide bonds. The second-order valence-corrected chi connectivity index (χ2v) is 11.0.